The van der Waals surface area contributed by atoms with E-state index in [0.29, 0.717) is 13.0 Å². The van der Waals surface area contributed by atoms with Crippen LogP contribution in [0, 0.1) is 0 Å². The first kappa shape index (κ1) is 12.9. The van der Waals surface area contributed by atoms with Gasteiger partial charge in [-0.25, -0.2) is 4.99 Å². The van der Waals surface area contributed by atoms with Crippen molar-refractivity contribution in [2.24, 2.45) is 4.99 Å². The van der Waals surface area contributed by atoms with E-state index in [9.17, 15) is 0 Å². The lowest BCUT2D eigenvalue weighted by molar-refractivity contribution is -0.0682. The van der Waals surface area contributed by atoms with Gasteiger partial charge in [0, 0.05) is 6.61 Å². The summed E-state index contributed by atoms with van der Waals surface area (Å²) >= 11 is 0. The van der Waals surface area contributed by atoms with E-state index in [2.05, 4.69) is 12.1 Å². The van der Waals surface area contributed by atoms with Crippen LogP contribution in [0.1, 0.15) is 18.9 Å². The fraction of sp³-hybridized carbons (Fsp3) is 0.235. The van der Waals surface area contributed by atoms with Gasteiger partial charge in [-0.15, -0.1) is 0 Å². The topological polar surface area (TPSA) is 30.8 Å². The van der Waals surface area contributed by atoms with Crippen molar-refractivity contribution in [2.45, 2.75) is 19.6 Å². The van der Waals surface area contributed by atoms with Crippen LogP contribution in [0.15, 0.2) is 59.6 Å². The lowest BCUT2D eigenvalue weighted by Gasteiger charge is -2.17. The monoisotopic (exact) mass is 267 g/mol. The predicted molar refractivity (Wildman–Crippen MR) is 79.7 cm³/mol. The first-order chi connectivity index (χ1) is 9.86. The maximum absolute atomic E-state index is 5.91. The summed E-state index contributed by atoms with van der Waals surface area (Å²) in [6, 6.07) is 18.0. The molecule has 0 N–H and O–H groups in total. The Kier molecular flexibility index (Phi) is 3.79. The van der Waals surface area contributed by atoms with Gasteiger partial charge in [-0.3, -0.25) is 0 Å². The van der Waals surface area contributed by atoms with E-state index in [4.69, 9.17) is 14.5 Å². The van der Waals surface area contributed by atoms with Gasteiger partial charge in [-0.05, 0) is 24.6 Å². The number of rotatable bonds is 3. The molecule has 0 saturated carbocycles. The molecule has 1 unspecified atom stereocenters. The molecule has 0 saturated heterocycles. The smallest absolute Gasteiger partial charge is 0.205 e. The number of fused-ring (bicyclic) bond motifs is 1. The van der Waals surface area contributed by atoms with Gasteiger partial charge in [0.2, 0.25) is 6.29 Å². The third-order valence-electron chi connectivity index (χ3n) is 3.20. The molecule has 0 aliphatic carbocycles. The van der Waals surface area contributed by atoms with Crippen LogP contribution in [0.3, 0.4) is 0 Å². The van der Waals surface area contributed by atoms with Crippen LogP contribution in [-0.4, -0.2) is 18.6 Å². The molecule has 3 rings (SSSR count). The van der Waals surface area contributed by atoms with Crippen LogP contribution < -0.4 is 4.74 Å². The molecule has 1 aliphatic heterocycles. The number of nitrogens with zero attached hydrogens (tertiary/aromatic N) is 1. The molecular weight excluding hydrogens is 250 g/mol. The normalized spacial score (nSPS) is 17.6. The Bertz CT molecular complexity index is 607. The number of benzene rings is 2. The zero-order chi connectivity index (χ0) is 13.8. The van der Waals surface area contributed by atoms with Crippen molar-refractivity contribution in [2.75, 3.05) is 6.61 Å². The second-order valence-corrected chi connectivity index (χ2v) is 4.60. The predicted octanol–water partition coefficient (Wildman–Crippen LogP) is 3.95. The molecule has 1 heterocycles. The molecule has 0 bridgehead atoms. The average Bonchev–Trinajstić information content (AvgIpc) is 2.67. The summed E-state index contributed by atoms with van der Waals surface area (Å²) in [7, 11) is 0. The van der Waals surface area contributed by atoms with Crippen LogP contribution >= 0.6 is 0 Å². The van der Waals surface area contributed by atoms with Crippen molar-refractivity contribution in [3.8, 4) is 5.75 Å². The van der Waals surface area contributed by atoms with Gasteiger partial charge >= 0.3 is 0 Å². The Morgan fingerprint density at radius 2 is 1.85 bits per heavy atom. The van der Waals surface area contributed by atoms with E-state index in [-0.39, 0.29) is 6.29 Å². The maximum atomic E-state index is 5.91. The molecule has 2 aromatic carbocycles. The number of hydrogen-bond donors (Lipinski definition) is 0. The van der Waals surface area contributed by atoms with Gasteiger partial charge in [0.15, 0.2) is 0 Å². The molecule has 0 amide bonds. The summed E-state index contributed by atoms with van der Waals surface area (Å²) in [5.74, 6) is 0.775. The van der Waals surface area contributed by atoms with Gasteiger partial charge in [-0.2, -0.15) is 0 Å². The molecule has 3 heteroatoms. The van der Waals surface area contributed by atoms with Crippen molar-refractivity contribution < 1.29 is 9.47 Å². The number of hydrogen-bond acceptors (Lipinski definition) is 3. The second-order valence-electron chi connectivity index (χ2n) is 4.60. The Labute approximate surface area is 118 Å². The van der Waals surface area contributed by atoms with Crippen molar-refractivity contribution >= 4 is 11.4 Å². The molecule has 0 aromatic heterocycles. The average molecular weight is 267 g/mol. The molecule has 1 aliphatic rings. The van der Waals surface area contributed by atoms with E-state index < -0.39 is 0 Å². The third kappa shape index (κ3) is 2.73. The highest BCUT2D eigenvalue weighted by Crippen LogP contribution is 2.32. The largest absolute Gasteiger partial charge is 0.462 e. The quantitative estimate of drug-likeness (QED) is 0.843. The Morgan fingerprint density at radius 3 is 2.65 bits per heavy atom. The van der Waals surface area contributed by atoms with Crippen LogP contribution in [0.25, 0.3) is 0 Å². The van der Waals surface area contributed by atoms with Crippen LogP contribution in [0.2, 0.25) is 0 Å². The third-order valence-corrected chi connectivity index (χ3v) is 3.20. The molecule has 0 radical (unpaired) electrons. The number of para-hydroxylation sites is 2. The van der Waals surface area contributed by atoms with Crippen LogP contribution in [-0.2, 0) is 4.74 Å². The molecule has 102 valence electrons. The van der Waals surface area contributed by atoms with Gasteiger partial charge < -0.3 is 9.47 Å². The summed E-state index contributed by atoms with van der Waals surface area (Å²) < 4.78 is 11.6. The minimum absolute atomic E-state index is 0.289. The number of ether oxygens (including phenoxy) is 2. The van der Waals surface area contributed by atoms with E-state index in [1.165, 1.54) is 0 Å². The molecule has 2 aromatic rings. The second kappa shape index (κ2) is 5.88. The van der Waals surface area contributed by atoms with Crippen molar-refractivity contribution in [1.29, 1.82) is 0 Å². The first-order valence-corrected chi connectivity index (χ1v) is 6.87. The Morgan fingerprint density at radius 1 is 1.10 bits per heavy atom. The van der Waals surface area contributed by atoms with E-state index in [1.807, 2.05) is 49.4 Å². The van der Waals surface area contributed by atoms with Gasteiger partial charge in [-0.1, -0.05) is 42.5 Å². The zero-order valence-corrected chi connectivity index (χ0v) is 11.5. The summed E-state index contributed by atoms with van der Waals surface area (Å²) in [6.07, 6.45) is 0.356. The summed E-state index contributed by atoms with van der Waals surface area (Å²) in [5, 5.41) is 0. The first-order valence-electron chi connectivity index (χ1n) is 6.87. The number of aliphatic imine (C=N–C) groups is 1. The summed E-state index contributed by atoms with van der Waals surface area (Å²) in [4.78, 5) is 4.75. The van der Waals surface area contributed by atoms with E-state index in [0.717, 1.165) is 22.7 Å². The molecule has 20 heavy (non-hydrogen) atoms. The van der Waals surface area contributed by atoms with Crippen molar-refractivity contribution in [3.05, 3.63) is 60.2 Å². The Hall–Kier alpha value is -2.13. The highest BCUT2D eigenvalue weighted by molar-refractivity contribution is 6.02. The van der Waals surface area contributed by atoms with Crippen LogP contribution in [0.4, 0.5) is 5.69 Å². The van der Waals surface area contributed by atoms with E-state index >= 15 is 0 Å². The van der Waals surface area contributed by atoms with Crippen LogP contribution in [0.5, 0.6) is 5.75 Å². The highest BCUT2D eigenvalue weighted by Gasteiger charge is 2.21. The molecular formula is C17H17NO2. The van der Waals surface area contributed by atoms with E-state index in [1.54, 1.807) is 0 Å². The maximum Gasteiger partial charge on any atom is 0.205 e. The molecule has 1 atom stereocenters. The summed E-state index contributed by atoms with van der Waals surface area (Å²) in [6.45, 7) is 2.59. The SMILES string of the molecule is CCOC1CC(c2ccccc2)=Nc2ccccc2O1. The highest BCUT2D eigenvalue weighted by atomic mass is 16.7. The standard InChI is InChI=1S/C17H17NO2/c1-2-19-17-12-15(13-8-4-3-5-9-13)18-14-10-6-7-11-16(14)20-17/h3-11,17H,2,12H2,1H3. The minimum Gasteiger partial charge on any atom is -0.462 e. The fourth-order valence-corrected chi connectivity index (χ4v) is 2.27. The van der Waals surface area contributed by atoms with Gasteiger partial charge in [0.05, 0.1) is 12.1 Å². The lowest BCUT2D eigenvalue weighted by atomic mass is 10.1. The minimum atomic E-state index is -0.289. The molecule has 0 spiro atoms. The fourth-order valence-electron chi connectivity index (χ4n) is 2.27. The van der Waals surface area contributed by atoms with Crippen molar-refractivity contribution in [1.82, 2.24) is 0 Å². The summed E-state index contributed by atoms with van der Waals surface area (Å²) in [5.41, 5.74) is 2.96. The lowest BCUT2D eigenvalue weighted by Crippen LogP contribution is -2.23. The van der Waals surface area contributed by atoms with Gasteiger partial charge in [0.1, 0.15) is 11.4 Å². The Balaban J connectivity index is 2.02. The van der Waals surface area contributed by atoms with Crippen molar-refractivity contribution in [3.63, 3.8) is 0 Å². The molecule has 3 nitrogen and oxygen atoms in total. The zero-order valence-electron chi connectivity index (χ0n) is 11.5. The molecule has 0 fully saturated rings. The van der Waals surface area contributed by atoms with Gasteiger partial charge in [0.25, 0.3) is 0 Å².